The summed E-state index contributed by atoms with van der Waals surface area (Å²) < 4.78 is 2.21. The number of benzene rings is 3. The highest BCUT2D eigenvalue weighted by Gasteiger charge is 2.15. The molecule has 0 saturated heterocycles. The first-order chi connectivity index (χ1) is 15.2. The van der Waals surface area contributed by atoms with Gasteiger partial charge in [-0.25, -0.2) is 5.43 Å². The van der Waals surface area contributed by atoms with Gasteiger partial charge in [0.15, 0.2) is 0 Å². The lowest BCUT2D eigenvalue weighted by Gasteiger charge is -2.20. The summed E-state index contributed by atoms with van der Waals surface area (Å²) in [6.45, 7) is 10.8. The quantitative estimate of drug-likeness (QED) is 0.303. The number of hydrogen-bond donors (Lipinski definition) is 1. The molecule has 32 heavy (non-hydrogen) atoms. The zero-order chi connectivity index (χ0) is 22.9. The Labute approximate surface area is 189 Å². The van der Waals surface area contributed by atoms with Crippen LogP contribution >= 0.6 is 0 Å². The van der Waals surface area contributed by atoms with E-state index in [0.717, 1.165) is 33.4 Å². The fourth-order valence-electron chi connectivity index (χ4n) is 3.98. The second-order valence-corrected chi connectivity index (χ2v) is 9.22. The highest BCUT2D eigenvalue weighted by atomic mass is 16.2. The summed E-state index contributed by atoms with van der Waals surface area (Å²) in [5, 5.41) is 6.35. The topological polar surface area (TPSA) is 46.4 Å². The van der Waals surface area contributed by atoms with Crippen LogP contribution in [0.25, 0.3) is 16.5 Å². The van der Waals surface area contributed by atoms with Gasteiger partial charge in [0.25, 0.3) is 5.91 Å². The van der Waals surface area contributed by atoms with Gasteiger partial charge in [0.1, 0.15) is 0 Å². The summed E-state index contributed by atoms with van der Waals surface area (Å²) in [4.78, 5) is 12.5. The van der Waals surface area contributed by atoms with Gasteiger partial charge in [-0.05, 0) is 65.9 Å². The van der Waals surface area contributed by atoms with Gasteiger partial charge in [0, 0.05) is 28.2 Å². The van der Waals surface area contributed by atoms with Gasteiger partial charge in [-0.2, -0.15) is 5.10 Å². The molecule has 0 aliphatic carbocycles. The lowest BCUT2D eigenvalue weighted by Crippen LogP contribution is -2.17. The molecule has 0 radical (unpaired) electrons. The van der Waals surface area contributed by atoms with Crippen LogP contribution in [0.15, 0.2) is 77.9 Å². The molecule has 0 aliphatic heterocycles. The molecule has 0 aliphatic rings. The molecule has 0 spiro atoms. The summed E-state index contributed by atoms with van der Waals surface area (Å²) in [5.41, 5.74) is 8.96. The minimum atomic E-state index is -0.224. The Kier molecular flexibility index (Phi) is 5.70. The number of aryl methyl sites for hydroxylation is 1. The van der Waals surface area contributed by atoms with E-state index in [1.165, 1.54) is 5.56 Å². The number of carbonyl (C=O) groups excluding carboxylic acids is 1. The Balaban J connectivity index is 1.51. The minimum absolute atomic E-state index is 0.125. The van der Waals surface area contributed by atoms with Crippen molar-refractivity contribution in [3.05, 3.63) is 101 Å². The molecule has 0 fully saturated rings. The molecule has 0 saturated carbocycles. The fourth-order valence-corrected chi connectivity index (χ4v) is 3.98. The van der Waals surface area contributed by atoms with E-state index in [1.807, 2.05) is 42.5 Å². The van der Waals surface area contributed by atoms with Crippen LogP contribution in [-0.2, 0) is 5.41 Å². The molecule has 0 atom stereocenters. The first-order valence-electron chi connectivity index (χ1n) is 10.9. The average molecular weight is 424 g/mol. The summed E-state index contributed by atoms with van der Waals surface area (Å²) >= 11 is 0. The van der Waals surface area contributed by atoms with E-state index in [2.05, 4.69) is 80.0 Å². The van der Waals surface area contributed by atoms with Gasteiger partial charge in [-0.3, -0.25) is 4.79 Å². The highest BCUT2D eigenvalue weighted by molar-refractivity contribution is 5.99. The predicted octanol–water partition coefficient (Wildman–Crippen LogP) is 6.31. The van der Waals surface area contributed by atoms with Crippen molar-refractivity contribution >= 4 is 22.9 Å². The first kappa shape index (κ1) is 21.6. The molecule has 162 valence electrons. The van der Waals surface area contributed by atoms with E-state index in [1.54, 1.807) is 6.21 Å². The van der Waals surface area contributed by atoms with Crippen molar-refractivity contribution < 1.29 is 4.79 Å². The molecule has 1 N–H and O–H groups in total. The zero-order valence-corrected chi connectivity index (χ0v) is 19.3. The molecule has 4 rings (SSSR count). The number of hydrazone groups is 1. The van der Waals surface area contributed by atoms with Crippen molar-refractivity contribution in [2.45, 2.75) is 40.0 Å². The third-order valence-electron chi connectivity index (χ3n) is 5.84. The van der Waals surface area contributed by atoms with Gasteiger partial charge in [0.05, 0.1) is 6.21 Å². The van der Waals surface area contributed by atoms with E-state index in [4.69, 9.17) is 0 Å². The van der Waals surface area contributed by atoms with Crippen LogP contribution in [0.3, 0.4) is 0 Å². The Morgan fingerprint density at radius 1 is 0.906 bits per heavy atom. The second kappa shape index (κ2) is 8.46. The lowest BCUT2D eigenvalue weighted by molar-refractivity contribution is 0.0955. The molecule has 0 unspecified atom stereocenters. The molecule has 3 aromatic carbocycles. The van der Waals surface area contributed by atoms with Crippen molar-refractivity contribution in [2.75, 3.05) is 0 Å². The maximum absolute atomic E-state index is 12.5. The number of nitrogens with one attached hydrogen (secondary N) is 1. The third kappa shape index (κ3) is 4.35. The third-order valence-corrected chi connectivity index (χ3v) is 5.84. The molecule has 1 amide bonds. The van der Waals surface area contributed by atoms with Crippen LogP contribution in [0, 0.1) is 13.8 Å². The van der Waals surface area contributed by atoms with Crippen LogP contribution in [0.2, 0.25) is 0 Å². The molecule has 0 bridgehead atoms. The van der Waals surface area contributed by atoms with Gasteiger partial charge >= 0.3 is 0 Å². The molecule has 4 aromatic rings. The number of carbonyl (C=O) groups is 1. The number of aromatic nitrogens is 1. The van der Waals surface area contributed by atoms with Crippen molar-refractivity contribution in [1.29, 1.82) is 0 Å². The van der Waals surface area contributed by atoms with Crippen molar-refractivity contribution in [2.24, 2.45) is 5.10 Å². The number of rotatable bonds is 4. The summed E-state index contributed by atoms with van der Waals surface area (Å²) in [7, 11) is 0. The Morgan fingerprint density at radius 3 is 2.28 bits per heavy atom. The molecular weight excluding hydrogens is 394 g/mol. The number of fused-ring (bicyclic) bond motifs is 1. The Bertz CT molecular complexity index is 1310. The average Bonchev–Trinajstić information content (AvgIpc) is 3.05. The summed E-state index contributed by atoms with van der Waals surface area (Å²) in [6.07, 6.45) is 1.71. The fraction of sp³-hybridized carbons (Fsp3) is 0.214. The van der Waals surface area contributed by atoms with Crippen molar-refractivity contribution in [3.8, 4) is 5.69 Å². The number of hydrogen-bond acceptors (Lipinski definition) is 2. The van der Waals surface area contributed by atoms with Crippen molar-refractivity contribution in [3.63, 3.8) is 0 Å². The van der Waals surface area contributed by atoms with Gasteiger partial charge in [-0.15, -0.1) is 0 Å². The Hall–Kier alpha value is -3.66. The Morgan fingerprint density at radius 2 is 1.59 bits per heavy atom. The SMILES string of the molecule is Cc1cc(/C=N/NC(=O)c2ccc3ccccc3c2)c(C)n1-c1ccc(C(C)(C)C)cc1. The number of amides is 1. The van der Waals surface area contributed by atoms with E-state index < -0.39 is 0 Å². The van der Waals surface area contributed by atoms with Crippen molar-refractivity contribution in [1.82, 2.24) is 9.99 Å². The van der Waals surface area contributed by atoms with E-state index in [0.29, 0.717) is 5.56 Å². The van der Waals surface area contributed by atoms with Gasteiger partial charge in [0.2, 0.25) is 0 Å². The summed E-state index contributed by atoms with van der Waals surface area (Å²) in [5.74, 6) is -0.224. The van der Waals surface area contributed by atoms with Crippen LogP contribution < -0.4 is 5.43 Å². The number of nitrogens with zero attached hydrogens (tertiary/aromatic N) is 2. The van der Waals surface area contributed by atoms with Crippen LogP contribution in [-0.4, -0.2) is 16.7 Å². The van der Waals surface area contributed by atoms with Crippen LogP contribution in [0.5, 0.6) is 0 Å². The standard InChI is InChI=1S/C28H29N3O/c1-19-16-24(20(2)31(19)26-14-12-25(13-15-26)28(3,4)5)18-29-30-27(32)23-11-10-21-8-6-7-9-22(21)17-23/h6-18H,1-5H3,(H,30,32)/b29-18+. The molecule has 4 nitrogen and oxygen atoms in total. The normalized spacial score (nSPS) is 11.9. The van der Waals surface area contributed by atoms with Crippen LogP contribution in [0.4, 0.5) is 0 Å². The monoisotopic (exact) mass is 423 g/mol. The van der Waals surface area contributed by atoms with Crippen LogP contribution in [0.1, 0.15) is 53.6 Å². The molecule has 1 aromatic heterocycles. The van der Waals surface area contributed by atoms with Gasteiger partial charge in [-0.1, -0.05) is 63.2 Å². The zero-order valence-electron chi connectivity index (χ0n) is 19.3. The van der Waals surface area contributed by atoms with E-state index >= 15 is 0 Å². The molecular formula is C28H29N3O. The maximum atomic E-state index is 12.5. The second-order valence-electron chi connectivity index (χ2n) is 9.22. The lowest BCUT2D eigenvalue weighted by atomic mass is 9.87. The molecule has 4 heteroatoms. The minimum Gasteiger partial charge on any atom is -0.318 e. The van der Waals surface area contributed by atoms with Gasteiger partial charge < -0.3 is 4.57 Å². The molecule has 1 heterocycles. The smallest absolute Gasteiger partial charge is 0.271 e. The maximum Gasteiger partial charge on any atom is 0.271 e. The highest BCUT2D eigenvalue weighted by Crippen LogP contribution is 2.25. The first-order valence-corrected chi connectivity index (χ1v) is 10.9. The predicted molar refractivity (Wildman–Crippen MR) is 133 cm³/mol. The summed E-state index contributed by atoms with van der Waals surface area (Å²) in [6, 6.07) is 24.4. The largest absolute Gasteiger partial charge is 0.318 e. The van der Waals surface area contributed by atoms with E-state index in [-0.39, 0.29) is 11.3 Å². The van der Waals surface area contributed by atoms with E-state index in [9.17, 15) is 4.79 Å².